The van der Waals surface area contributed by atoms with Crippen LogP contribution in [0.4, 0.5) is 0 Å². The van der Waals surface area contributed by atoms with Crippen LogP contribution in [0.3, 0.4) is 0 Å². The summed E-state index contributed by atoms with van der Waals surface area (Å²) in [5.41, 5.74) is -1.21. The van der Waals surface area contributed by atoms with E-state index in [0.29, 0.717) is 26.2 Å². The third kappa shape index (κ3) is 2.51. The van der Waals surface area contributed by atoms with E-state index in [0.717, 1.165) is 4.90 Å². The van der Waals surface area contributed by atoms with Gasteiger partial charge in [0.1, 0.15) is 12.1 Å². The maximum atomic E-state index is 12.3. The number of piperazine rings is 2. The normalized spacial score (nSPS) is 22.5. The van der Waals surface area contributed by atoms with E-state index in [1.54, 1.807) is 0 Å². The molecule has 2 N–H and O–H groups in total. The van der Waals surface area contributed by atoms with E-state index in [4.69, 9.17) is 0 Å². The number of nitrogens with one attached hydrogen (secondary N) is 2. The summed E-state index contributed by atoms with van der Waals surface area (Å²) in [6.07, 6.45) is 0. The highest BCUT2D eigenvalue weighted by Gasteiger charge is 2.46. The van der Waals surface area contributed by atoms with Crippen LogP contribution in [-0.2, 0) is 19.2 Å². The molecule has 8 nitrogen and oxygen atoms in total. The molecule has 0 aliphatic carbocycles. The Bertz CT molecular complexity index is 468. The number of nitrogens with zero attached hydrogens (tertiary/aromatic N) is 2. The van der Waals surface area contributed by atoms with Gasteiger partial charge in [-0.2, -0.15) is 0 Å². The van der Waals surface area contributed by atoms with Gasteiger partial charge in [0, 0.05) is 26.2 Å². The minimum atomic E-state index is -1.21. The second-order valence-corrected chi connectivity index (χ2v) is 5.37. The number of hydrogen-bond donors (Lipinski definition) is 2. The number of hydrogen-bond acceptors (Lipinski definition) is 5. The van der Waals surface area contributed by atoms with Crippen molar-refractivity contribution < 1.29 is 19.2 Å². The van der Waals surface area contributed by atoms with Crippen molar-refractivity contribution in [1.29, 1.82) is 0 Å². The van der Waals surface area contributed by atoms with Crippen LogP contribution in [0.25, 0.3) is 0 Å². The lowest BCUT2D eigenvalue weighted by atomic mass is 9.98. The summed E-state index contributed by atoms with van der Waals surface area (Å²) in [4.78, 5) is 50.1. The molecule has 0 unspecified atom stereocenters. The van der Waals surface area contributed by atoms with Gasteiger partial charge < -0.3 is 15.1 Å². The molecular formula is C12H18N4O4. The number of carbonyl (C=O) groups is 4. The van der Waals surface area contributed by atoms with E-state index in [-0.39, 0.29) is 6.54 Å². The first-order chi connectivity index (χ1) is 9.34. The molecule has 0 saturated carbocycles. The van der Waals surface area contributed by atoms with E-state index in [1.807, 2.05) is 0 Å². The van der Waals surface area contributed by atoms with E-state index in [2.05, 4.69) is 10.6 Å². The second-order valence-electron chi connectivity index (χ2n) is 5.37. The van der Waals surface area contributed by atoms with Crippen LogP contribution >= 0.6 is 0 Å². The largest absolute Gasteiger partial charge is 0.332 e. The quantitative estimate of drug-likeness (QED) is 0.384. The molecule has 8 heteroatoms. The van der Waals surface area contributed by atoms with E-state index >= 15 is 0 Å². The monoisotopic (exact) mass is 282 g/mol. The zero-order valence-corrected chi connectivity index (χ0v) is 11.6. The van der Waals surface area contributed by atoms with Crippen LogP contribution in [0.5, 0.6) is 0 Å². The first-order valence-electron chi connectivity index (χ1n) is 6.50. The molecule has 110 valence electrons. The van der Waals surface area contributed by atoms with E-state index in [9.17, 15) is 19.2 Å². The standard InChI is InChI=1S/C12H18N4O4/c1-12(2)11(20)14-8(17)7-16(12)10(19)9(18)15-5-3-13-4-6-15/h13H,3-7H2,1-2H3,(H,14,17,20). The van der Waals surface area contributed by atoms with Gasteiger partial charge in [-0.15, -0.1) is 0 Å². The van der Waals surface area contributed by atoms with Crippen LogP contribution in [0.2, 0.25) is 0 Å². The predicted octanol–water partition coefficient (Wildman–Crippen LogP) is -2.32. The summed E-state index contributed by atoms with van der Waals surface area (Å²) in [5.74, 6) is -2.62. The summed E-state index contributed by atoms with van der Waals surface area (Å²) >= 11 is 0. The SMILES string of the molecule is CC1(C)C(=O)NC(=O)CN1C(=O)C(=O)N1CCNCC1. The lowest BCUT2D eigenvalue weighted by Crippen LogP contribution is -2.67. The summed E-state index contributed by atoms with van der Waals surface area (Å²) in [6.45, 7) is 4.88. The van der Waals surface area contributed by atoms with Gasteiger partial charge in [-0.25, -0.2) is 0 Å². The Balaban J connectivity index is 2.15. The second kappa shape index (κ2) is 5.20. The average molecular weight is 282 g/mol. The molecular weight excluding hydrogens is 264 g/mol. The Kier molecular flexibility index (Phi) is 3.76. The number of imide groups is 1. The molecule has 2 heterocycles. The first-order valence-corrected chi connectivity index (χ1v) is 6.50. The van der Waals surface area contributed by atoms with E-state index < -0.39 is 29.2 Å². The molecule has 0 spiro atoms. The third-order valence-electron chi connectivity index (χ3n) is 3.62. The van der Waals surface area contributed by atoms with Crippen molar-refractivity contribution in [2.45, 2.75) is 19.4 Å². The molecule has 2 saturated heterocycles. The van der Waals surface area contributed by atoms with E-state index in [1.165, 1.54) is 18.7 Å². The smallest absolute Gasteiger partial charge is 0.313 e. The fraction of sp³-hybridized carbons (Fsp3) is 0.667. The molecule has 0 bridgehead atoms. The van der Waals surface area contributed by atoms with Crippen molar-refractivity contribution in [2.75, 3.05) is 32.7 Å². The summed E-state index contributed by atoms with van der Waals surface area (Å²) in [5, 5.41) is 5.25. The van der Waals surface area contributed by atoms with Crippen molar-refractivity contribution >= 4 is 23.6 Å². The Morgan fingerprint density at radius 2 is 1.70 bits per heavy atom. The van der Waals surface area contributed by atoms with Gasteiger partial charge >= 0.3 is 11.8 Å². The topological polar surface area (TPSA) is 98.8 Å². The van der Waals surface area contributed by atoms with Crippen molar-refractivity contribution in [3.63, 3.8) is 0 Å². The van der Waals surface area contributed by atoms with Crippen molar-refractivity contribution in [2.24, 2.45) is 0 Å². The van der Waals surface area contributed by atoms with Gasteiger partial charge in [0.2, 0.25) is 5.91 Å². The third-order valence-corrected chi connectivity index (χ3v) is 3.62. The first kappa shape index (κ1) is 14.4. The van der Waals surface area contributed by atoms with Crippen LogP contribution in [0, 0.1) is 0 Å². The Morgan fingerprint density at radius 1 is 1.10 bits per heavy atom. The average Bonchev–Trinajstić information content (AvgIpc) is 2.42. The number of carbonyl (C=O) groups excluding carboxylic acids is 4. The highest BCUT2D eigenvalue weighted by Crippen LogP contribution is 2.19. The molecule has 0 atom stereocenters. The van der Waals surface area contributed by atoms with Gasteiger partial charge in [-0.3, -0.25) is 24.5 Å². The molecule has 0 aromatic heterocycles. The number of rotatable bonds is 0. The van der Waals surface area contributed by atoms with Gasteiger partial charge in [-0.1, -0.05) is 0 Å². The zero-order chi connectivity index (χ0) is 14.9. The Morgan fingerprint density at radius 3 is 2.30 bits per heavy atom. The van der Waals surface area contributed by atoms with Crippen LogP contribution in [-0.4, -0.2) is 71.7 Å². The highest BCUT2D eigenvalue weighted by molar-refractivity contribution is 6.36. The van der Waals surface area contributed by atoms with Crippen molar-refractivity contribution in [3.05, 3.63) is 0 Å². The van der Waals surface area contributed by atoms with Gasteiger partial charge in [0.05, 0.1) is 0 Å². The molecule has 0 aromatic rings. The lowest BCUT2D eigenvalue weighted by molar-refractivity contribution is -0.162. The van der Waals surface area contributed by atoms with Gasteiger partial charge in [0.25, 0.3) is 5.91 Å². The minimum Gasteiger partial charge on any atom is -0.332 e. The molecule has 0 radical (unpaired) electrons. The fourth-order valence-corrected chi connectivity index (χ4v) is 2.23. The van der Waals surface area contributed by atoms with Crippen LogP contribution < -0.4 is 10.6 Å². The van der Waals surface area contributed by atoms with Crippen LogP contribution in [0.1, 0.15) is 13.8 Å². The molecule has 2 fully saturated rings. The minimum absolute atomic E-state index is 0.282. The lowest BCUT2D eigenvalue weighted by Gasteiger charge is -2.40. The summed E-state index contributed by atoms with van der Waals surface area (Å²) < 4.78 is 0. The zero-order valence-electron chi connectivity index (χ0n) is 11.6. The molecule has 0 aromatic carbocycles. The highest BCUT2D eigenvalue weighted by atomic mass is 16.2. The Labute approximate surface area is 116 Å². The molecule has 2 rings (SSSR count). The molecule has 2 aliphatic rings. The number of amides is 4. The van der Waals surface area contributed by atoms with Crippen LogP contribution in [0.15, 0.2) is 0 Å². The molecule has 4 amide bonds. The van der Waals surface area contributed by atoms with Gasteiger partial charge in [0.15, 0.2) is 0 Å². The Hall–Kier alpha value is -1.96. The van der Waals surface area contributed by atoms with Crippen molar-refractivity contribution in [3.8, 4) is 0 Å². The van der Waals surface area contributed by atoms with Gasteiger partial charge in [-0.05, 0) is 13.8 Å². The molecule has 20 heavy (non-hydrogen) atoms. The predicted molar refractivity (Wildman–Crippen MR) is 68.4 cm³/mol. The summed E-state index contributed by atoms with van der Waals surface area (Å²) in [7, 11) is 0. The van der Waals surface area contributed by atoms with Crippen molar-refractivity contribution in [1.82, 2.24) is 20.4 Å². The maximum absolute atomic E-state index is 12.3. The molecule has 2 aliphatic heterocycles. The maximum Gasteiger partial charge on any atom is 0.313 e. The fourth-order valence-electron chi connectivity index (χ4n) is 2.23. The summed E-state index contributed by atoms with van der Waals surface area (Å²) in [6, 6.07) is 0.